The number of aliphatic imine (C=N–C) groups is 1. The third-order valence-corrected chi connectivity index (χ3v) is 6.16. The molecule has 1 aromatic rings. The fraction of sp³-hybridized carbons (Fsp3) is 0.462. The average Bonchev–Trinajstić information content (AvgIpc) is 3.25. The van der Waals surface area contributed by atoms with Crippen molar-refractivity contribution >= 4 is 41.7 Å². The van der Waals surface area contributed by atoms with Crippen molar-refractivity contribution in [1.82, 2.24) is 15.6 Å². The second-order valence-corrected chi connectivity index (χ2v) is 9.12. The second-order valence-electron chi connectivity index (χ2n) is 9.12. The predicted octanol–water partition coefficient (Wildman–Crippen LogP) is 1.62. The van der Waals surface area contributed by atoms with Crippen LogP contribution in [0.2, 0.25) is 0 Å². The molecule has 2 aliphatic rings. The summed E-state index contributed by atoms with van der Waals surface area (Å²) in [5, 5.41) is 11.5. The van der Waals surface area contributed by atoms with Crippen LogP contribution in [0.3, 0.4) is 0 Å². The molecule has 2 aliphatic heterocycles. The Morgan fingerprint density at radius 2 is 1.92 bits per heavy atom. The van der Waals surface area contributed by atoms with E-state index in [9.17, 15) is 19.2 Å². The zero-order chi connectivity index (χ0) is 28.7. The number of nitrogens with one attached hydrogen (secondary N) is 2. The third kappa shape index (κ3) is 6.60. The van der Waals surface area contributed by atoms with E-state index in [1.165, 1.54) is 18.2 Å². The average molecular weight is 542 g/mol. The van der Waals surface area contributed by atoms with Crippen molar-refractivity contribution in [2.45, 2.75) is 47.1 Å². The van der Waals surface area contributed by atoms with E-state index in [4.69, 9.17) is 15.2 Å². The van der Waals surface area contributed by atoms with E-state index in [-0.39, 0.29) is 24.2 Å². The van der Waals surface area contributed by atoms with Crippen LogP contribution in [-0.2, 0) is 19.1 Å². The largest absolute Gasteiger partial charge is 0.427 e. The summed E-state index contributed by atoms with van der Waals surface area (Å²) in [5.74, 6) is -1.59. The molecule has 0 bridgehead atoms. The Labute approximate surface area is 227 Å². The molecule has 2 unspecified atom stereocenters. The minimum atomic E-state index is -0.919. The number of amidine groups is 1. The number of ether oxygens (including phenoxy) is 2. The Bertz CT molecular complexity index is 1220. The van der Waals surface area contributed by atoms with Gasteiger partial charge in [0.2, 0.25) is 12.7 Å². The van der Waals surface area contributed by atoms with E-state index in [1.54, 1.807) is 37.1 Å². The minimum Gasteiger partial charge on any atom is -0.427 e. The van der Waals surface area contributed by atoms with Crippen LogP contribution in [-0.4, -0.2) is 73.5 Å². The second kappa shape index (κ2) is 13.0. The SMILES string of the molecule is CCCNC(=O)c1ccc(C)c(N(C(=O)OCOC(=O)C(C)N)C2=NC=NN3CC(C(=O)NCC)C(C)=C23)c1. The van der Waals surface area contributed by atoms with Crippen molar-refractivity contribution in [1.29, 1.82) is 0 Å². The topological polar surface area (TPSA) is 168 Å². The van der Waals surface area contributed by atoms with Gasteiger partial charge in [-0.05, 0) is 57.4 Å². The Balaban J connectivity index is 2.06. The number of carbonyl (C=O) groups excluding carboxylic acids is 4. The first-order valence-electron chi connectivity index (χ1n) is 12.7. The molecule has 0 saturated heterocycles. The van der Waals surface area contributed by atoms with Gasteiger partial charge in [-0.2, -0.15) is 5.10 Å². The maximum absolute atomic E-state index is 13.5. The molecule has 0 fully saturated rings. The molecule has 0 aromatic heterocycles. The molecular weight excluding hydrogens is 506 g/mol. The molecule has 0 spiro atoms. The van der Waals surface area contributed by atoms with Crippen molar-refractivity contribution in [2.24, 2.45) is 21.7 Å². The van der Waals surface area contributed by atoms with Crippen LogP contribution < -0.4 is 21.3 Å². The molecule has 13 heteroatoms. The van der Waals surface area contributed by atoms with Gasteiger partial charge in [0, 0.05) is 18.7 Å². The number of amides is 3. The quantitative estimate of drug-likeness (QED) is 0.313. The van der Waals surface area contributed by atoms with E-state index in [0.717, 1.165) is 6.42 Å². The molecule has 0 radical (unpaired) electrons. The van der Waals surface area contributed by atoms with Crippen LogP contribution in [0.25, 0.3) is 0 Å². The Morgan fingerprint density at radius 1 is 1.18 bits per heavy atom. The van der Waals surface area contributed by atoms with Crippen LogP contribution in [0.5, 0.6) is 0 Å². The molecular formula is C26H35N7O6. The third-order valence-electron chi connectivity index (χ3n) is 6.16. The summed E-state index contributed by atoms with van der Waals surface area (Å²) in [4.78, 5) is 56.4. The monoisotopic (exact) mass is 541 g/mol. The van der Waals surface area contributed by atoms with Crippen LogP contribution in [0.1, 0.15) is 50.0 Å². The van der Waals surface area contributed by atoms with Crippen molar-refractivity contribution in [3.63, 3.8) is 0 Å². The molecule has 210 valence electrons. The summed E-state index contributed by atoms with van der Waals surface area (Å²) in [5.41, 5.74) is 7.91. The van der Waals surface area contributed by atoms with Gasteiger partial charge in [-0.25, -0.2) is 14.7 Å². The van der Waals surface area contributed by atoms with Gasteiger partial charge in [-0.15, -0.1) is 0 Å². The van der Waals surface area contributed by atoms with Crippen LogP contribution in [0.4, 0.5) is 10.5 Å². The number of nitrogens with zero attached hydrogens (tertiary/aromatic N) is 4. The first-order chi connectivity index (χ1) is 18.6. The molecule has 1 aromatic carbocycles. The van der Waals surface area contributed by atoms with Gasteiger partial charge in [-0.1, -0.05) is 13.0 Å². The van der Waals surface area contributed by atoms with Gasteiger partial charge < -0.3 is 25.8 Å². The van der Waals surface area contributed by atoms with Gasteiger partial charge >= 0.3 is 12.1 Å². The van der Waals surface area contributed by atoms with Gasteiger partial charge in [0.05, 0.1) is 18.2 Å². The molecule has 39 heavy (non-hydrogen) atoms. The molecule has 3 rings (SSSR count). The normalized spacial score (nSPS) is 16.7. The summed E-state index contributed by atoms with van der Waals surface area (Å²) < 4.78 is 10.2. The first kappa shape index (κ1) is 29.3. The highest BCUT2D eigenvalue weighted by Gasteiger charge is 2.41. The van der Waals surface area contributed by atoms with Crippen LogP contribution >= 0.6 is 0 Å². The van der Waals surface area contributed by atoms with Crippen molar-refractivity contribution in [3.05, 3.63) is 40.6 Å². The highest BCUT2D eigenvalue weighted by molar-refractivity contribution is 6.24. The molecule has 2 atom stereocenters. The highest BCUT2D eigenvalue weighted by atomic mass is 16.7. The zero-order valence-corrected chi connectivity index (χ0v) is 22.8. The maximum Gasteiger partial charge on any atom is 0.423 e. The number of nitrogens with two attached hydrogens (primary N) is 1. The van der Waals surface area contributed by atoms with Crippen LogP contribution in [0.15, 0.2) is 39.6 Å². The lowest BCUT2D eigenvalue weighted by Gasteiger charge is -2.30. The zero-order valence-electron chi connectivity index (χ0n) is 22.8. The number of anilines is 1. The van der Waals surface area contributed by atoms with E-state index in [0.29, 0.717) is 41.2 Å². The standard InChI is InChI=1S/C26H35N7O6/c1-6-10-29-23(34)18-9-8-15(3)20(11-18)33(26(37)39-14-38-25(36)17(5)27)22-21-16(4)19(24(35)28-7-2)12-32(21)31-13-30-22/h8-9,11,13,17,19H,6-7,10,12,14,27H2,1-5H3,(H,28,35)(H,29,34). The number of fused-ring (bicyclic) bond motifs is 1. The van der Waals surface area contributed by atoms with E-state index < -0.39 is 30.8 Å². The smallest absolute Gasteiger partial charge is 0.423 e. The van der Waals surface area contributed by atoms with Crippen molar-refractivity contribution < 1.29 is 28.7 Å². The number of esters is 1. The van der Waals surface area contributed by atoms with Gasteiger partial charge in [-0.3, -0.25) is 19.4 Å². The predicted molar refractivity (Wildman–Crippen MR) is 145 cm³/mol. The summed E-state index contributed by atoms with van der Waals surface area (Å²) >= 11 is 0. The summed E-state index contributed by atoms with van der Waals surface area (Å²) in [6.07, 6.45) is 1.11. The summed E-state index contributed by atoms with van der Waals surface area (Å²) in [6, 6.07) is 4.01. The van der Waals surface area contributed by atoms with Crippen LogP contribution in [0, 0.1) is 12.8 Å². The lowest BCUT2D eigenvalue weighted by Crippen LogP contribution is -2.43. The molecule has 0 saturated carbocycles. The van der Waals surface area contributed by atoms with Crippen molar-refractivity contribution in [2.75, 3.05) is 31.3 Å². The summed E-state index contributed by atoms with van der Waals surface area (Å²) in [6.45, 7) is 9.29. The number of aryl methyl sites for hydroxylation is 1. The Morgan fingerprint density at radius 3 is 2.59 bits per heavy atom. The number of rotatable bonds is 9. The molecule has 2 heterocycles. The lowest BCUT2D eigenvalue weighted by atomic mass is 10.0. The number of carbonyl (C=O) groups is 4. The first-order valence-corrected chi connectivity index (χ1v) is 12.7. The van der Waals surface area contributed by atoms with Gasteiger partial charge in [0.25, 0.3) is 5.91 Å². The number of hydrazone groups is 1. The molecule has 0 aliphatic carbocycles. The van der Waals surface area contributed by atoms with E-state index in [1.807, 2.05) is 13.8 Å². The number of hydrogen-bond acceptors (Lipinski definition) is 10. The van der Waals surface area contributed by atoms with Gasteiger partial charge in [0.15, 0.2) is 5.84 Å². The molecule has 3 amide bonds. The lowest BCUT2D eigenvalue weighted by molar-refractivity contribution is -0.152. The van der Waals surface area contributed by atoms with Crippen molar-refractivity contribution in [3.8, 4) is 0 Å². The molecule has 13 nitrogen and oxygen atoms in total. The summed E-state index contributed by atoms with van der Waals surface area (Å²) in [7, 11) is 0. The molecule has 4 N–H and O–H groups in total. The minimum absolute atomic E-state index is 0.145. The van der Waals surface area contributed by atoms with E-state index >= 15 is 0 Å². The fourth-order valence-electron chi connectivity index (χ4n) is 4.08. The highest BCUT2D eigenvalue weighted by Crippen LogP contribution is 2.34. The fourth-order valence-corrected chi connectivity index (χ4v) is 4.08. The van der Waals surface area contributed by atoms with Gasteiger partial charge in [0.1, 0.15) is 18.1 Å². The number of benzene rings is 1. The Kier molecular flexibility index (Phi) is 9.77. The number of hydrogen-bond donors (Lipinski definition) is 3. The Hall–Kier alpha value is -4.26. The van der Waals surface area contributed by atoms with E-state index in [2.05, 4.69) is 20.7 Å². The maximum atomic E-state index is 13.5.